The fourth-order valence-corrected chi connectivity index (χ4v) is 2.12. The Balaban J connectivity index is 2.57. The number of rotatable bonds is 7. The van der Waals surface area contributed by atoms with Crippen LogP contribution >= 0.6 is 0 Å². The average Bonchev–Trinajstić information content (AvgIpc) is 2.54. The fourth-order valence-electron chi connectivity index (χ4n) is 2.12. The summed E-state index contributed by atoms with van der Waals surface area (Å²) in [4.78, 5) is 0. The first-order valence-electron chi connectivity index (χ1n) is 7.01. The van der Waals surface area contributed by atoms with Crippen molar-refractivity contribution in [3.63, 3.8) is 0 Å². The smallest absolute Gasteiger partial charge is 0.312 e. The monoisotopic (exact) mass is 291 g/mol. The van der Waals surface area contributed by atoms with E-state index in [9.17, 15) is 13.2 Å². The van der Waals surface area contributed by atoms with Crippen LogP contribution < -0.4 is 5.32 Å². The Labute approximate surface area is 118 Å². The van der Waals surface area contributed by atoms with Crippen molar-refractivity contribution >= 4 is 0 Å². The summed E-state index contributed by atoms with van der Waals surface area (Å²) in [6.07, 6.45) is -4.77. The highest BCUT2D eigenvalue weighted by atomic mass is 19.4. The molecule has 0 aliphatic heterocycles. The topological polar surface area (TPSA) is 29.9 Å². The number of alkyl halides is 3. The highest BCUT2D eigenvalue weighted by Gasteiger charge is 2.26. The van der Waals surface area contributed by atoms with Gasteiger partial charge in [-0.1, -0.05) is 13.8 Å². The number of aryl methyl sites for hydroxylation is 2. The van der Waals surface area contributed by atoms with Gasteiger partial charge in [-0.25, -0.2) is 0 Å². The third-order valence-electron chi connectivity index (χ3n) is 3.22. The van der Waals surface area contributed by atoms with E-state index in [0.717, 1.165) is 30.0 Å². The Morgan fingerprint density at radius 2 is 1.90 bits per heavy atom. The van der Waals surface area contributed by atoms with Gasteiger partial charge in [0.25, 0.3) is 0 Å². The summed E-state index contributed by atoms with van der Waals surface area (Å²) in [5.74, 6) is 0.567. The van der Waals surface area contributed by atoms with E-state index >= 15 is 0 Å². The quantitative estimate of drug-likeness (QED) is 0.832. The molecule has 6 heteroatoms. The van der Waals surface area contributed by atoms with Crippen molar-refractivity contribution in [1.82, 2.24) is 15.1 Å². The summed E-state index contributed by atoms with van der Waals surface area (Å²) >= 11 is 0. The van der Waals surface area contributed by atoms with Gasteiger partial charge in [0.05, 0.1) is 5.69 Å². The molecule has 0 saturated heterocycles. The molecule has 0 fully saturated rings. The lowest BCUT2D eigenvalue weighted by molar-refractivity contribution is -0.136. The Bertz CT molecular complexity index is 422. The van der Waals surface area contributed by atoms with Crippen LogP contribution in [0.15, 0.2) is 0 Å². The van der Waals surface area contributed by atoms with Crippen molar-refractivity contribution in [2.24, 2.45) is 5.92 Å². The maximum absolute atomic E-state index is 12.1. The van der Waals surface area contributed by atoms with Crippen LogP contribution in [0.5, 0.6) is 0 Å². The molecule has 0 aliphatic rings. The highest BCUT2D eigenvalue weighted by Crippen LogP contribution is 2.22. The molecule has 0 radical (unpaired) electrons. The Kier molecular flexibility index (Phi) is 6.05. The van der Waals surface area contributed by atoms with E-state index in [2.05, 4.69) is 24.3 Å². The van der Waals surface area contributed by atoms with Gasteiger partial charge in [0.2, 0.25) is 0 Å². The first-order valence-corrected chi connectivity index (χ1v) is 7.01. The van der Waals surface area contributed by atoms with Crippen molar-refractivity contribution in [2.75, 3.05) is 6.54 Å². The normalized spacial score (nSPS) is 12.4. The highest BCUT2D eigenvalue weighted by molar-refractivity contribution is 5.24. The largest absolute Gasteiger partial charge is 0.389 e. The van der Waals surface area contributed by atoms with Crippen LogP contribution in [-0.4, -0.2) is 22.5 Å². The van der Waals surface area contributed by atoms with E-state index in [-0.39, 0.29) is 6.42 Å². The van der Waals surface area contributed by atoms with Crippen LogP contribution in [-0.2, 0) is 13.1 Å². The van der Waals surface area contributed by atoms with Gasteiger partial charge in [-0.3, -0.25) is 4.68 Å². The molecule has 0 aromatic carbocycles. The Morgan fingerprint density at radius 3 is 2.45 bits per heavy atom. The van der Waals surface area contributed by atoms with Gasteiger partial charge in [0, 0.05) is 30.8 Å². The predicted molar refractivity (Wildman–Crippen MR) is 73.5 cm³/mol. The predicted octanol–water partition coefficient (Wildman–Crippen LogP) is 3.59. The molecule has 0 atom stereocenters. The summed E-state index contributed by atoms with van der Waals surface area (Å²) < 4.78 is 38.1. The number of nitrogens with zero attached hydrogens (tertiary/aromatic N) is 2. The molecule has 1 rings (SSSR count). The second kappa shape index (κ2) is 7.11. The van der Waals surface area contributed by atoms with Crippen molar-refractivity contribution in [3.05, 3.63) is 17.0 Å². The minimum atomic E-state index is -4.09. The molecule has 20 heavy (non-hydrogen) atoms. The van der Waals surface area contributed by atoms with Crippen LogP contribution in [0.25, 0.3) is 0 Å². The molecule has 0 amide bonds. The molecule has 1 aromatic rings. The molecule has 1 N–H and O–H groups in total. The third-order valence-corrected chi connectivity index (χ3v) is 3.22. The van der Waals surface area contributed by atoms with Gasteiger partial charge in [0.15, 0.2) is 0 Å². The van der Waals surface area contributed by atoms with Gasteiger partial charge >= 0.3 is 6.18 Å². The lowest BCUT2D eigenvalue weighted by atomic mass is 10.1. The molecule has 3 nitrogen and oxygen atoms in total. The van der Waals surface area contributed by atoms with E-state index in [0.29, 0.717) is 12.5 Å². The van der Waals surface area contributed by atoms with E-state index in [1.807, 2.05) is 13.8 Å². The fraction of sp³-hybridized carbons (Fsp3) is 0.786. The standard InChI is InChI=1S/C14H24F3N3/c1-10(2)8-18-9-13-11(3)19-20(12(13)4)7-5-6-14(15,16)17/h10,18H,5-9H2,1-4H3. The molecular weight excluding hydrogens is 267 g/mol. The van der Waals surface area contributed by atoms with Crippen LogP contribution in [0.2, 0.25) is 0 Å². The number of aromatic nitrogens is 2. The third kappa shape index (κ3) is 5.53. The molecule has 1 aromatic heterocycles. The zero-order valence-electron chi connectivity index (χ0n) is 12.6. The summed E-state index contributed by atoms with van der Waals surface area (Å²) in [6.45, 7) is 10.0. The molecule has 0 saturated carbocycles. The lowest BCUT2D eigenvalue weighted by Crippen LogP contribution is -2.19. The average molecular weight is 291 g/mol. The van der Waals surface area contributed by atoms with E-state index in [1.165, 1.54) is 0 Å². The zero-order chi connectivity index (χ0) is 15.3. The zero-order valence-corrected chi connectivity index (χ0v) is 12.6. The van der Waals surface area contributed by atoms with E-state index < -0.39 is 12.6 Å². The molecule has 1 heterocycles. The first kappa shape index (κ1) is 17.0. The van der Waals surface area contributed by atoms with Crippen molar-refractivity contribution in [1.29, 1.82) is 0 Å². The number of hydrogen-bond acceptors (Lipinski definition) is 2. The number of halogens is 3. The molecule has 0 aliphatic carbocycles. The first-order chi connectivity index (χ1) is 9.20. The SMILES string of the molecule is Cc1nn(CCCC(F)(F)F)c(C)c1CNCC(C)C. The molecule has 116 valence electrons. The second-order valence-electron chi connectivity index (χ2n) is 5.62. The van der Waals surface area contributed by atoms with Gasteiger partial charge in [0.1, 0.15) is 0 Å². The molecule has 0 unspecified atom stereocenters. The summed E-state index contributed by atoms with van der Waals surface area (Å²) in [7, 11) is 0. The minimum absolute atomic E-state index is 0.0737. The maximum Gasteiger partial charge on any atom is 0.389 e. The van der Waals surface area contributed by atoms with Crippen molar-refractivity contribution in [3.8, 4) is 0 Å². The molecular formula is C14H24F3N3. The maximum atomic E-state index is 12.1. The van der Waals surface area contributed by atoms with Crippen LogP contribution in [0.1, 0.15) is 43.6 Å². The number of hydrogen-bond donors (Lipinski definition) is 1. The van der Waals surface area contributed by atoms with E-state index in [1.54, 1.807) is 4.68 Å². The minimum Gasteiger partial charge on any atom is -0.312 e. The van der Waals surface area contributed by atoms with Gasteiger partial charge in [-0.2, -0.15) is 18.3 Å². The Morgan fingerprint density at radius 1 is 1.25 bits per heavy atom. The lowest BCUT2D eigenvalue weighted by Gasteiger charge is -2.09. The summed E-state index contributed by atoms with van der Waals surface area (Å²) in [5.41, 5.74) is 2.95. The summed E-state index contributed by atoms with van der Waals surface area (Å²) in [6, 6.07) is 0. The van der Waals surface area contributed by atoms with E-state index in [4.69, 9.17) is 0 Å². The Hall–Kier alpha value is -1.04. The van der Waals surface area contributed by atoms with Crippen LogP contribution in [0.4, 0.5) is 13.2 Å². The van der Waals surface area contributed by atoms with Gasteiger partial charge < -0.3 is 5.32 Å². The van der Waals surface area contributed by atoms with Crippen LogP contribution in [0, 0.1) is 19.8 Å². The van der Waals surface area contributed by atoms with Crippen molar-refractivity contribution < 1.29 is 13.2 Å². The van der Waals surface area contributed by atoms with Crippen molar-refractivity contribution in [2.45, 2.75) is 59.8 Å². The van der Waals surface area contributed by atoms with Gasteiger partial charge in [-0.05, 0) is 32.7 Å². The molecule has 0 bridgehead atoms. The second-order valence-corrected chi connectivity index (χ2v) is 5.62. The molecule has 0 spiro atoms. The number of nitrogens with one attached hydrogen (secondary N) is 1. The summed E-state index contributed by atoms with van der Waals surface area (Å²) in [5, 5.41) is 7.68. The van der Waals surface area contributed by atoms with Gasteiger partial charge in [-0.15, -0.1) is 0 Å². The van der Waals surface area contributed by atoms with Crippen LogP contribution in [0.3, 0.4) is 0 Å².